The lowest BCUT2D eigenvalue weighted by Crippen LogP contribution is -2.43. The van der Waals surface area contributed by atoms with E-state index in [0.717, 1.165) is 12.0 Å². The summed E-state index contributed by atoms with van der Waals surface area (Å²) in [4.78, 5) is 23.2. The van der Waals surface area contributed by atoms with Crippen LogP contribution in [0, 0.1) is 0 Å². The van der Waals surface area contributed by atoms with E-state index in [4.69, 9.17) is 0 Å². The summed E-state index contributed by atoms with van der Waals surface area (Å²) in [5.41, 5.74) is 2.24. The molecular weight excluding hydrogens is 252 g/mol. The molecule has 0 bridgehead atoms. The fourth-order valence-electron chi connectivity index (χ4n) is 1.67. The van der Waals surface area contributed by atoms with Crippen molar-refractivity contribution in [2.45, 2.75) is 52.6 Å². The maximum atomic E-state index is 11.6. The molecule has 0 radical (unpaired) electrons. The minimum absolute atomic E-state index is 0.0126. The molecule has 4 heteroatoms. The minimum atomic E-state index is -0.585. The van der Waals surface area contributed by atoms with Gasteiger partial charge in [-0.1, -0.05) is 45.0 Å². The van der Waals surface area contributed by atoms with Gasteiger partial charge in [-0.2, -0.15) is 0 Å². The topological polar surface area (TPSA) is 58.2 Å². The van der Waals surface area contributed by atoms with E-state index in [0.29, 0.717) is 12.5 Å². The lowest BCUT2D eigenvalue weighted by molar-refractivity contribution is -0.139. The van der Waals surface area contributed by atoms with Gasteiger partial charge in [0.2, 0.25) is 0 Å². The largest absolute Gasteiger partial charge is 0.345 e. The summed E-state index contributed by atoms with van der Waals surface area (Å²) >= 11 is 0. The van der Waals surface area contributed by atoms with E-state index in [-0.39, 0.29) is 6.04 Å². The van der Waals surface area contributed by atoms with E-state index in [1.807, 2.05) is 38.1 Å². The van der Waals surface area contributed by atoms with Crippen molar-refractivity contribution in [2.24, 2.45) is 0 Å². The molecule has 1 rings (SSSR count). The predicted molar refractivity (Wildman–Crippen MR) is 80.3 cm³/mol. The quantitative estimate of drug-likeness (QED) is 0.811. The molecule has 2 amide bonds. The van der Waals surface area contributed by atoms with E-state index in [9.17, 15) is 9.59 Å². The van der Waals surface area contributed by atoms with Crippen molar-refractivity contribution in [3.63, 3.8) is 0 Å². The lowest BCUT2D eigenvalue weighted by Gasteiger charge is -2.11. The number of nitrogens with one attached hydrogen (secondary N) is 2. The first-order valence-electron chi connectivity index (χ1n) is 7.11. The monoisotopic (exact) mass is 276 g/mol. The molecule has 2 N–H and O–H groups in total. The van der Waals surface area contributed by atoms with Gasteiger partial charge in [0.1, 0.15) is 0 Å². The van der Waals surface area contributed by atoms with Crippen LogP contribution in [0.15, 0.2) is 24.3 Å². The van der Waals surface area contributed by atoms with Crippen LogP contribution >= 0.6 is 0 Å². The van der Waals surface area contributed by atoms with Gasteiger partial charge in [0.15, 0.2) is 0 Å². The van der Waals surface area contributed by atoms with E-state index >= 15 is 0 Å². The second kappa shape index (κ2) is 7.68. The van der Waals surface area contributed by atoms with Gasteiger partial charge in [-0.3, -0.25) is 9.59 Å². The van der Waals surface area contributed by atoms with Crippen LogP contribution in [0.5, 0.6) is 0 Å². The Bertz CT molecular complexity index is 452. The van der Waals surface area contributed by atoms with Gasteiger partial charge < -0.3 is 10.6 Å². The van der Waals surface area contributed by atoms with Crippen LogP contribution < -0.4 is 10.6 Å². The number of hydrogen-bond donors (Lipinski definition) is 2. The van der Waals surface area contributed by atoms with E-state index < -0.39 is 11.8 Å². The Morgan fingerprint density at radius 3 is 2.15 bits per heavy atom. The van der Waals surface area contributed by atoms with E-state index in [1.54, 1.807) is 0 Å². The Labute approximate surface area is 121 Å². The molecule has 1 aromatic carbocycles. The minimum Gasteiger partial charge on any atom is -0.345 e. The fraction of sp³-hybridized carbons (Fsp3) is 0.500. The molecular formula is C16H24N2O2. The summed E-state index contributed by atoms with van der Waals surface area (Å²) in [6.45, 7) is 8.46. The van der Waals surface area contributed by atoms with Crippen molar-refractivity contribution < 1.29 is 9.59 Å². The molecule has 0 fully saturated rings. The Morgan fingerprint density at radius 1 is 1.05 bits per heavy atom. The molecule has 0 spiro atoms. The fourth-order valence-corrected chi connectivity index (χ4v) is 1.67. The number of amides is 2. The summed E-state index contributed by atoms with van der Waals surface area (Å²) in [5, 5.41) is 5.26. The number of rotatable bonds is 5. The van der Waals surface area contributed by atoms with Gasteiger partial charge in [-0.05, 0) is 30.4 Å². The molecule has 0 aliphatic heterocycles. The zero-order valence-corrected chi connectivity index (χ0v) is 12.7. The third kappa shape index (κ3) is 5.03. The molecule has 20 heavy (non-hydrogen) atoms. The molecule has 0 aliphatic carbocycles. The van der Waals surface area contributed by atoms with Gasteiger partial charge in [0, 0.05) is 12.6 Å². The highest BCUT2D eigenvalue weighted by atomic mass is 16.2. The lowest BCUT2D eigenvalue weighted by atomic mass is 10.0. The third-order valence-corrected chi connectivity index (χ3v) is 3.30. The number of hydrogen-bond acceptors (Lipinski definition) is 2. The third-order valence-electron chi connectivity index (χ3n) is 3.30. The zero-order valence-electron chi connectivity index (χ0n) is 12.7. The Morgan fingerprint density at radius 2 is 1.65 bits per heavy atom. The van der Waals surface area contributed by atoms with Crippen molar-refractivity contribution >= 4 is 11.8 Å². The predicted octanol–water partition coefficient (Wildman–Crippen LogP) is 2.34. The van der Waals surface area contributed by atoms with Crippen LogP contribution in [0.4, 0.5) is 0 Å². The summed E-state index contributed by atoms with van der Waals surface area (Å²) in [5.74, 6) is -0.670. The van der Waals surface area contributed by atoms with E-state index in [2.05, 4.69) is 24.5 Å². The summed E-state index contributed by atoms with van der Waals surface area (Å²) in [6.07, 6.45) is 0.801. The van der Waals surface area contributed by atoms with Crippen LogP contribution in [-0.2, 0) is 16.1 Å². The summed E-state index contributed by atoms with van der Waals surface area (Å²) in [6, 6.07) is 8.06. The normalized spacial score (nSPS) is 12.1. The maximum absolute atomic E-state index is 11.6. The molecule has 4 nitrogen and oxygen atoms in total. The second-order valence-corrected chi connectivity index (χ2v) is 5.36. The van der Waals surface area contributed by atoms with Gasteiger partial charge in [0.25, 0.3) is 0 Å². The molecule has 0 saturated carbocycles. The molecule has 1 aromatic rings. The Kier molecular flexibility index (Phi) is 6.22. The van der Waals surface area contributed by atoms with Gasteiger partial charge in [-0.25, -0.2) is 0 Å². The highest BCUT2D eigenvalue weighted by molar-refractivity contribution is 6.35. The number of carbonyl (C=O) groups is 2. The highest BCUT2D eigenvalue weighted by Crippen LogP contribution is 2.14. The first kappa shape index (κ1) is 16.2. The first-order valence-corrected chi connectivity index (χ1v) is 7.11. The average molecular weight is 276 g/mol. The first-order chi connectivity index (χ1) is 9.43. The zero-order chi connectivity index (χ0) is 15.1. The van der Waals surface area contributed by atoms with Crippen molar-refractivity contribution in [3.05, 3.63) is 35.4 Å². The summed E-state index contributed by atoms with van der Waals surface area (Å²) < 4.78 is 0. The van der Waals surface area contributed by atoms with Crippen LogP contribution in [0.25, 0.3) is 0 Å². The van der Waals surface area contributed by atoms with Crippen LogP contribution in [0.3, 0.4) is 0 Å². The molecule has 0 aliphatic rings. The molecule has 110 valence electrons. The molecule has 0 heterocycles. The van der Waals surface area contributed by atoms with E-state index in [1.165, 1.54) is 5.56 Å². The van der Waals surface area contributed by atoms with Gasteiger partial charge in [-0.15, -0.1) is 0 Å². The van der Waals surface area contributed by atoms with Crippen LogP contribution in [0.2, 0.25) is 0 Å². The van der Waals surface area contributed by atoms with Crippen molar-refractivity contribution in [2.75, 3.05) is 0 Å². The van der Waals surface area contributed by atoms with Gasteiger partial charge >= 0.3 is 11.8 Å². The Balaban J connectivity index is 2.46. The second-order valence-electron chi connectivity index (χ2n) is 5.36. The van der Waals surface area contributed by atoms with Crippen LogP contribution in [-0.4, -0.2) is 17.9 Å². The standard InChI is InChI=1S/C16H24N2O2/c1-5-12(4)18-16(20)15(19)17-10-13-6-8-14(9-7-13)11(2)3/h6-9,11-12H,5,10H2,1-4H3,(H,17,19)(H,18,20)/t12-/m0/s1. The van der Waals surface area contributed by atoms with Gasteiger partial charge in [0.05, 0.1) is 0 Å². The van der Waals surface area contributed by atoms with Crippen molar-refractivity contribution in [1.82, 2.24) is 10.6 Å². The molecule has 0 saturated heterocycles. The molecule has 0 unspecified atom stereocenters. The van der Waals surface area contributed by atoms with Crippen LogP contribution in [0.1, 0.15) is 51.2 Å². The SMILES string of the molecule is CC[C@H](C)NC(=O)C(=O)NCc1ccc(C(C)C)cc1. The smallest absolute Gasteiger partial charge is 0.309 e. The van der Waals surface area contributed by atoms with Crippen molar-refractivity contribution in [1.29, 1.82) is 0 Å². The highest BCUT2D eigenvalue weighted by Gasteiger charge is 2.14. The van der Waals surface area contributed by atoms with Crippen molar-refractivity contribution in [3.8, 4) is 0 Å². The number of benzene rings is 1. The number of carbonyl (C=O) groups excluding carboxylic acids is 2. The molecule has 1 atom stereocenters. The summed E-state index contributed by atoms with van der Waals surface area (Å²) in [7, 11) is 0. The maximum Gasteiger partial charge on any atom is 0.309 e. The average Bonchev–Trinajstić information content (AvgIpc) is 2.44. The Hall–Kier alpha value is -1.84. The molecule has 0 aromatic heterocycles.